The Hall–Kier alpha value is -0.960. The third-order valence-corrected chi connectivity index (χ3v) is 2.25. The highest BCUT2D eigenvalue weighted by Crippen LogP contribution is 2.08. The van der Waals surface area contributed by atoms with Gasteiger partial charge in [0.1, 0.15) is 0 Å². The van der Waals surface area contributed by atoms with Gasteiger partial charge in [-0.15, -0.1) is 0 Å². The zero-order chi connectivity index (χ0) is 10.6. The van der Waals surface area contributed by atoms with E-state index in [-0.39, 0.29) is 0 Å². The Kier molecular flexibility index (Phi) is 4.01. The molecule has 0 bridgehead atoms. The van der Waals surface area contributed by atoms with Crippen molar-refractivity contribution in [3.63, 3.8) is 0 Å². The fraction of sp³-hybridized carbons (Fsp3) is 0.455. The molecule has 0 radical (unpaired) electrons. The van der Waals surface area contributed by atoms with Gasteiger partial charge in [-0.3, -0.25) is 0 Å². The molecule has 0 unspecified atom stereocenters. The maximum absolute atomic E-state index is 12.8. The summed E-state index contributed by atoms with van der Waals surface area (Å²) >= 11 is 0. The molecular weight excluding hydrogens is 184 g/mol. The van der Waals surface area contributed by atoms with E-state index < -0.39 is 11.6 Å². The number of hydrogen-bond donors (Lipinski definition) is 1. The first-order chi connectivity index (χ1) is 6.63. The van der Waals surface area contributed by atoms with E-state index in [2.05, 4.69) is 19.2 Å². The van der Waals surface area contributed by atoms with Crippen LogP contribution < -0.4 is 5.32 Å². The normalized spacial score (nSPS) is 12.9. The molecule has 1 nitrogen and oxygen atoms in total. The lowest BCUT2D eigenvalue weighted by Gasteiger charge is -2.10. The summed E-state index contributed by atoms with van der Waals surface area (Å²) in [6, 6.07) is 4.37. The van der Waals surface area contributed by atoms with Gasteiger partial charge in [0.05, 0.1) is 0 Å². The monoisotopic (exact) mass is 199 g/mol. The van der Waals surface area contributed by atoms with Crippen molar-refractivity contribution in [2.24, 2.45) is 0 Å². The molecule has 0 aliphatic heterocycles. The molecule has 3 heteroatoms. The molecule has 1 atom stereocenters. The first-order valence-corrected chi connectivity index (χ1v) is 4.80. The van der Waals surface area contributed by atoms with Crippen molar-refractivity contribution in [3.05, 3.63) is 35.4 Å². The molecule has 0 saturated carbocycles. The van der Waals surface area contributed by atoms with Crippen molar-refractivity contribution < 1.29 is 8.78 Å². The minimum atomic E-state index is -0.794. The summed E-state index contributed by atoms with van der Waals surface area (Å²) in [7, 11) is 0. The summed E-state index contributed by atoms with van der Waals surface area (Å²) in [5, 5.41) is 3.21. The van der Waals surface area contributed by atoms with E-state index in [0.29, 0.717) is 12.6 Å². The van der Waals surface area contributed by atoms with E-state index in [0.717, 1.165) is 18.1 Å². The molecule has 1 rings (SSSR count). The summed E-state index contributed by atoms with van der Waals surface area (Å²) in [5.41, 5.74) is 0.768. The predicted octanol–water partition coefficient (Wildman–Crippen LogP) is 2.85. The van der Waals surface area contributed by atoms with Gasteiger partial charge < -0.3 is 5.32 Å². The zero-order valence-corrected chi connectivity index (χ0v) is 8.48. The molecule has 0 spiro atoms. The second-order valence-corrected chi connectivity index (χ2v) is 3.44. The molecule has 14 heavy (non-hydrogen) atoms. The van der Waals surface area contributed by atoms with Crippen molar-refractivity contribution in [3.8, 4) is 0 Å². The fourth-order valence-corrected chi connectivity index (χ4v) is 1.09. The van der Waals surface area contributed by atoms with E-state index in [1.54, 1.807) is 6.07 Å². The second kappa shape index (κ2) is 5.05. The summed E-state index contributed by atoms with van der Waals surface area (Å²) in [5.74, 6) is -1.58. The van der Waals surface area contributed by atoms with Crippen LogP contribution in [-0.4, -0.2) is 6.04 Å². The second-order valence-electron chi connectivity index (χ2n) is 3.44. The first kappa shape index (κ1) is 11.1. The SMILES string of the molecule is CC[C@@H](C)NCc1ccc(F)c(F)c1. The van der Waals surface area contributed by atoms with Crippen LogP contribution in [0.1, 0.15) is 25.8 Å². The van der Waals surface area contributed by atoms with Crippen molar-refractivity contribution >= 4 is 0 Å². The maximum atomic E-state index is 12.8. The van der Waals surface area contributed by atoms with Gasteiger partial charge >= 0.3 is 0 Å². The number of hydrogen-bond acceptors (Lipinski definition) is 1. The van der Waals surface area contributed by atoms with E-state index in [1.807, 2.05) is 0 Å². The Bertz CT molecular complexity index is 299. The van der Waals surface area contributed by atoms with Gasteiger partial charge in [-0.2, -0.15) is 0 Å². The van der Waals surface area contributed by atoms with Gasteiger partial charge in [0.2, 0.25) is 0 Å². The van der Waals surface area contributed by atoms with Crippen LogP contribution in [0, 0.1) is 11.6 Å². The van der Waals surface area contributed by atoms with Crippen molar-refractivity contribution in [2.45, 2.75) is 32.9 Å². The summed E-state index contributed by atoms with van der Waals surface area (Å²) < 4.78 is 25.4. The standard InChI is InChI=1S/C11H15F2N/c1-3-8(2)14-7-9-4-5-10(12)11(13)6-9/h4-6,8,14H,3,7H2,1-2H3/t8-/m1/s1. The first-order valence-electron chi connectivity index (χ1n) is 4.80. The lowest BCUT2D eigenvalue weighted by atomic mass is 10.2. The lowest BCUT2D eigenvalue weighted by Crippen LogP contribution is -2.24. The average molecular weight is 199 g/mol. The third-order valence-electron chi connectivity index (χ3n) is 2.25. The molecular formula is C11H15F2N. The molecule has 0 amide bonds. The fourth-order valence-electron chi connectivity index (χ4n) is 1.09. The topological polar surface area (TPSA) is 12.0 Å². The summed E-state index contributed by atoms with van der Waals surface area (Å²) in [6.07, 6.45) is 1.02. The quantitative estimate of drug-likeness (QED) is 0.786. The van der Waals surface area contributed by atoms with Gasteiger partial charge in [-0.25, -0.2) is 8.78 Å². The van der Waals surface area contributed by atoms with Gasteiger partial charge in [-0.1, -0.05) is 13.0 Å². The summed E-state index contributed by atoms with van der Waals surface area (Å²) in [6.45, 7) is 4.70. The van der Waals surface area contributed by atoms with Crippen molar-refractivity contribution in [1.29, 1.82) is 0 Å². The van der Waals surface area contributed by atoms with E-state index in [4.69, 9.17) is 0 Å². The van der Waals surface area contributed by atoms with Crippen LogP contribution >= 0.6 is 0 Å². The smallest absolute Gasteiger partial charge is 0.159 e. The van der Waals surface area contributed by atoms with E-state index in [1.165, 1.54) is 6.07 Å². The van der Waals surface area contributed by atoms with Crippen LogP contribution in [0.15, 0.2) is 18.2 Å². The van der Waals surface area contributed by atoms with Crippen LogP contribution in [-0.2, 0) is 6.54 Å². The molecule has 0 fully saturated rings. The molecule has 0 heterocycles. The average Bonchev–Trinajstić information content (AvgIpc) is 2.19. The van der Waals surface area contributed by atoms with Gasteiger partial charge in [-0.05, 0) is 31.0 Å². The van der Waals surface area contributed by atoms with Gasteiger partial charge in [0.15, 0.2) is 11.6 Å². The third kappa shape index (κ3) is 3.07. The molecule has 1 N–H and O–H groups in total. The Labute approximate surface area is 83.1 Å². The van der Waals surface area contributed by atoms with Crippen LogP contribution in [0.5, 0.6) is 0 Å². The van der Waals surface area contributed by atoms with E-state index >= 15 is 0 Å². The Morgan fingerprint density at radius 3 is 2.57 bits per heavy atom. The van der Waals surface area contributed by atoms with Gasteiger partial charge in [0.25, 0.3) is 0 Å². The van der Waals surface area contributed by atoms with Gasteiger partial charge in [0, 0.05) is 12.6 Å². The number of nitrogens with one attached hydrogen (secondary N) is 1. The molecule has 0 aliphatic rings. The Morgan fingerprint density at radius 1 is 1.29 bits per heavy atom. The van der Waals surface area contributed by atoms with Crippen molar-refractivity contribution in [2.75, 3.05) is 0 Å². The minimum Gasteiger partial charge on any atom is -0.310 e. The Morgan fingerprint density at radius 2 is 2.00 bits per heavy atom. The van der Waals surface area contributed by atoms with Crippen LogP contribution in [0.4, 0.5) is 8.78 Å². The maximum Gasteiger partial charge on any atom is 0.159 e. The highest BCUT2D eigenvalue weighted by Gasteiger charge is 2.03. The molecule has 0 saturated heterocycles. The van der Waals surface area contributed by atoms with E-state index in [9.17, 15) is 8.78 Å². The molecule has 1 aromatic carbocycles. The largest absolute Gasteiger partial charge is 0.310 e. The van der Waals surface area contributed by atoms with Crippen LogP contribution in [0.3, 0.4) is 0 Å². The number of benzene rings is 1. The summed E-state index contributed by atoms with van der Waals surface area (Å²) in [4.78, 5) is 0. The highest BCUT2D eigenvalue weighted by molar-refractivity contribution is 5.17. The molecule has 0 aromatic heterocycles. The van der Waals surface area contributed by atoms with Crippen molar-refractivity contribution in [1.82, 2.24) is 5.32 Å². The molecule has 1 aromatic rings. The highest BCUT2D eigenvalue weighted by atomic mass is 19.2. The predicted molar refractivity (Wildman–Crippen MR) is 53.0 cm³/mol. The number of rotatable bonds is 4. The van der Waals surface area contributed by atoms with Crippen LogP contribution in [0.25, 0.3) is 0 Å². The minimum absolute atomic E-state index is 0.392. The molecule has 78 valence electrons. The molecule has 0 aliphatic carbocycles. The zero-order valence-electron chi connectivity index (χ0n) is 8.48. The van der Waals surface area contributed by atoms with Crippen LogP contribution in [0.2, 0.25) is 0 Å². The number of halogens is 2. The lowest BCUT2D eigenvalue weighted by molar-refractivity contribution is 0.501. The Balaban J connectivity index is 2.55.